The first kappa shape index (κ1) is 14.3. The number of benzene rings is 1. The zero-order chi connectivity index (χ0) is 14.7. The molecule has 0 radical (unpaired) electrons. The molecule has 0 spiro atoms. The van der Waals surface area contributed by atoms with Crippen LogP contribution in [0.5, 0.6) is 0 Å². The molecule has 0 aliphatic rings. The molecule has 1 heterocycles. The minimum Gasteiger partial charge on any atom is -0.409 e. The summed E-state index contributed by atoms with van der Waals surface area (Å²) in [5, 5.41) is 12.0. The third-order valence-corrected chi connectivity index (χ3v) is 4.09. The van der Waals surface area contributed by atoms with Crippen LogP contribution in [0.3, 0.4) is 0 Å². The highest BCUT2D eigenvalue weighted by molar-refractivity contribution is 7.09. The maximum absolute atomic E-state index is 8.92. The van der Waals surface area contributed by atoms with Crippen molar-refractivity contribution >= 4 is 22.9 Å². The van der Waals surface area contributed by atoms with Crippen molar-refractivity contribution in [1.82, 2.24) is 4.98 Å². The second-order valence-electron chi connectivity index (χ2n) is 4.72. The fraction of sp³-hybridized carbons (Fsp3) is 0.286. The fourth-order valence-corrected chi connectivity index (χ4v) is 2.85. The fourth-order valence-electron chi connectivity index (χ4n) is 2.02. The van der Waals surface area contributed by atoms with Crippen molar-refractivity contribution in [3.63, 3.8) is 0 Å². The second kappa shape index (κ2) is 5.92. The lowest BCUT2D eigenvalue weighted by Gasteiger charge is -2.22. The number of thiazole rings is 1. The smallest absolute Gasteiger partial charge is 0.172 e. The summed E-state index contributed by atoms with van der Waals surface area (Å²) >= 11 is 1.63. The maximum Gasteiger partial charge on any atom is 0.172 e. The van der Waals surface area contributed by atoms with Crippen LogP contribution in [0.2, 0.25) is 0 Å². The van der Waals surface area contributed by atoms with Gasteiger partial charge in [-0.2, -0.15) is 0 Å². The molecule has 6 heteroatoms. The molecule has 0 saturated carbocycles. The largest absolute Gasteiger partial charge is 0.409 e. The molecule has 3 N–H and O–H groups in total. The molecule has 1 aromatic heterocycles. The molecule has 0 aliphatic heterocycles. The quantitative estimate of drug-likeness (QED) is 0.392. The molecule has 2 aromatic rings. The van der Waals surface area contributed by atoms with Crippen LogP contribution in [0.1, 0.15) is 21.7 Å². The summed E-state index contributed by atoms with van der Waals surface area (Å²) in [7, 11) is 1.98. The van der Waals surface area contributed by atoms with Gasteiger partial charge < -0.3 is 15.8 Å². The van der Waals surface area contributed by atoms with Crippen LogP contribution >= 0.6 is 11.3 Å². The highest BCUT2D eigenvalue weighted by Gasteiger charge is 2.13. The molecule has 0 bridgehead atoms. The Balaban J connectivity index is 2.34. The van der Waals surface area contributed by atoms with Gasteiger partial charge in [-0.25, -0.2) is 4.98 Å². The maximum atomic E-state index is 8.92. The van der Waals surface area contributed by atoms with Crippen LogP contribution in [0.25, 0.3) is 0 Å². The molecule has 0 aliphatic carbocycles. The number of hydrogen-bond acceptors (Lipinski definition) is 5. The molecule has 20 heavy (non-hydrogen) atoms. The van der Waals surface area contributed by atoms with Gasteiger partial charge in [-0.05, 0) is 26.0 Å². The Labute approximate surface area is 122 Å². The summed E-state index contributed by atoms with van der Waals surface area (Å²) in [6.45, 7) is 4.72. The van der Waals surface area contributed by atoms with Gasteiger partial charge in [0.1, 0.15) is 0 Å². The van der Waals surface area contributed by atoms with E-state index in [1.54, 1.807) is 11.3 Å². The number of rotatable bonds is 4. The monoisotopic (exact) mass is 290 g/mol. The summed E-state index contributed by atoms with van der Waals surface area (Å²) in [5.41, 5.74) is 11.4. The van der Waals surface area contributed by atoms with Gasteiger partial charge in [0.15, 0.2) is 5.84 Å². The Bertz CT molecular complexity index is 636. The van der Waals surface area contributed by atoms with Crippen LogP contribution in [0, 0.1) is 13.8 Å². The first-order valence-electron chi connectivity index (χ1n) is 6.21. The third kappa shape index (κ3) is 2.91. The van der Waals surface area contributed by atoms with E-state index < -0.39 is 0 Å². The van der Waals surface area contributed by atoms with Crippen LogP contribution in [0.15, 0.2) is 28.9 Å². The number of hydrogen-bond donors (Lipinski definition) is 2. The first-order chi connectivity index (χ1) is 9.52. The van der Waals surface area contributed by atoms with Crippen LogP contribution in [-0.4, -0.2) is 23.1 Å². The van der Waals surface area contributed by atoms with E-state index in [-0.39, 0.29) is 5.84 Å². The third-order valence-electron chi connectivity index (χ3n) is 3.17. The van der Waals surface area contributed by atoms with Crippen molar-refractivity contribution in [3.8, 4) is 0 Å². The van der Waals surface area contributed by atoms with Crippen molar-refractivity contribution in [2.75, 3.05) is 11.9 Å². The molecule has 0 unspecified atom stereocenters. The lowest BCUT2D eigenvalue weighted by atomic mass is 10.1. The second-order valence-corrected chi connectivity index (χ2v) is 5.66. The predicted octanol–water partition coefficient (Wildman–Crippen LogP) is 2.49. The van der Waals surface area contributed by atoms with Crippen molar-refractivity contribution in [3.05, 3.63) is 45.4 Å². The lowest BCUT2D eigenvalue weighted by molar-refractivity contribution is 0.318. The van der Waals surface area contributed by atoms with Gasteiger partial charge in [0, 0.05) is 23.2 Å². The molecule has 0 fully saturated rings. The Morgan fingerprint density at radius 3 is 2.80 bits per heavy atom. The Hall–Kier alpha value is -2.08. The number of amidine groups is 1. The molecule has 5 nitrogen and oxygen atoms in total. The van der Waals surface area contributed by atoms with Gasteiger partial charge in [-0.15, -0.1) is 11.3 Å². The van der Waals surface area contributed by atoms with Crippen LogP contribution < -0.4 is 10.6 Å². The summed E-state index contributed by atoms with van der Waals surface area (Å²) in [4.78, 5) is 7.54. The van der Waals surface area contributed by atoms with Crippen molar-refractivity contribution < 1.29 is 5.21 Å². The average molecular weight is 290 g/mol. The zero-order valence-electron chi connectivity index (χ0n) is 11.8. The highest BCUT2D eigenvalue weighted by Crippen LogP contribution is 2.24. The summed E-state index contributed by atoms with van der Waals surface area (Å²) in [6.07, 6.45) is 0. The van der Waals surface area contributed by atoms with Crippen molar-refractivity contribution in [1.29, 1.82) is 0 Å². The van der Waals surface area contributed by atoms with Crippen LogP contribution in [-0.2, 0) is 6.54 Å². The number of aromatic nitrogens is 1. The molecule has 0 saturated heterocycles. The van der Waals surface area contributed by atoms with Gasteiger partial charge in [0.05, 0.1) is 17.7 Å². The molecule has 0 amide bonds. The van der Waals surface area contributed by atoms with E-state index in [0.717, 1.165) is 29.1 Å². The first-order valence-corrected chi connectivity index (χ1v) is 7.09. The Kier molecular flexibility index (Phi) is 4.24. The lowest BCUT2D eigenvalue weighted by Crippen LogP contribution is -2.22. The zero-order valence-corrected chi connectivity index (χ0v) is 12.6. The number of anilines is 1. The topological polar surface area (TPSA) is 74.7 Å². The SMILES string of the molecule is Cc1ccc(N(C)Cc2scnc2C)c(/C(N)=N/O)c1. The van der Waals surface area contributed by atoms with Gasteiger partial charge in [-0.1, -0.05) is 16.8 Å². The molecule has 2 rings (SSSR count). The van der Waals surface area contributed by atoms with E-state index in [0.29, 0.717) is 0 Å². The minimum atomic E-state index is 0.122. The van der Waals surface area contributed by atoms with E-state index in [1.807, 2.05) is 44.6 Å². The predicted molar refractivity (Wildman–Crippen MR) is 82.6 cm³/mol. The molecular formula is C14H18N4OS. The highest BCUT2D eigenvalue weighted by atomic mass is 32.1. The van der Waals surface area contributed by atoms with Gasteiger partial charge in [0.25, 0.3) is 0 Å². The molecule has 106 valence electrons. The van der Waals surface area contributed by atoms with Gasteiger partial charge in [-0.3, -0.25) is 0 Å². The van der Waals surface area contributed by atoms with Gasteiger partial charge >= 0.3 is 0 Å². The summed E-state index contributed by atoms with van der Waals surface area (Å²) in [6, 6.07) is 5.92. The Morgan fingerprint density at radius 1 is 1.45 bits per heavy atom. The summed E-state index contributed by atoms with van der Waals surface area (Å²) < 4.78 is 0. The van der Waals surface area contributed by atoms with E-state index >= 15 is 0 Å². The Morgan fingerprint density at radius 2 is 2.20 bits per heavy atom. The normalized spacial score (nSPS) is 11.7. The number of nitrogens with two attached hydrogens (primary N) is 1. The van der Waals surface area contributed by atoms with Crippen molar-refractivity contribution in [2.24, 2.45) is 10.9 Å². The minimum absolute atomic E-state index is 0.122. The number of oxime groups is 1. The van der Waals surface area contributed by atoms with Crippen LogP contribution in [0.4, 0.5) is 5.69 Å². The standard InChI is InChI=1S/C14H18N4OS/c1-9-4-5-12(11(6-9)14(15)17-19)18(3)7-13-10(2)16-8-20-13/h4-6,8,19H,7H2,1-3H3,(H2,15,17). The van der Waals surface area contributed by atoms with E-state index in [1.165, 1.54) is 4.88 Å². The molecule has 1 aromatic carbocycles. The van der Waals surface area contributed by atoms with Crippen molar-refractivity contribution in [2.45, 2.75) is 20.4 Å². The van der Waals surface area contributed by atoms with E-state index in [2.05, 4.69) is 15.0 Å². The number of aryl methyl sites for hydroxylation is 2. The number of nitrogens with zero attached hydrogens (tertiary/aromatic N) is 3. The molecule has 0 atom stereocenters. The van der Waals surface area contributed by atoms with E-state index in [9.17, 15) is 0 Å². The van der Waals surface area contributed by atoms with Gasteiger partial charge in [0.2, 0.25) is 0 Å². The molecular weight excluding hydrogens is 272 g/mol. The average Bonchev–Trinajstić information content (AvgIpc) is 2.83. The summed E-state index contributed by atoms with van der Waals surface area (Å²) in [5.74, 6) is 0.122. The van der Waals surface area contributed by atoms with E-state index in [4.69, 9.17) is 10.9 Å².